The third-order valence-electron chi connectivity index (χ3n) is 4.22. The highest BCUT2D eigenvalue weighted by atomic mass is 35.5. The van der Waals surface area contributed by atoms with E-state index < -0.39 is 5.97 Å². The first-order chi connectivity index (χ1) is 14.4. The van der Waals surface area contributed by atoms with Crippen LogP contribution < -0.4 is 9.47 Å². The van der Waals surface area contributed by atoms with Crippen molar-refractivity contribution in [3.8, 4) is 11.5 Å². The minimum atomic E-state index is -0.980. The van der Waals surface area contributed by atoms with Crippen LogP contribution in [-0.4, -0.2) is 39.9 Å². The van der Waals surface area contributed by atoms with Gasteiger partial charge in [-0.1, -0.05) is 53.8 Å². The summed E-state index contributed by atoms with van der Waals surface area (Å²) in [6.07, 6.45) is 1.54. The first kappa shape index (κ1) is 22.1. The molecule has 0 bridgehead atoms. The molecule has 2 aromatic rings. The van der Waals surface area contributed by atoms with Gasteiger partial charge in [0.1, 0.15) is 10.9 Å². The van der Waals surface area contributed by atoms with Crippen LogP contribution in [0.15, 0.2) is 47.4 Å². The average molecular weight is 464 g/mol. The van der Waals surface area contributed by atoms with Crippen LogP contribution in [0.4, 0.5) is 0 Å². The summed E-state index contributed by atoms with van der Waals surface area (Å²) in [6.45, 7) is 0.410. The van der Waals surface area contributed by atoms with Gasteiger partial charge in [-0.15, -0.1) is 0 Å². The molecule has 1 N–H and O–H groups in total. The monoisotopic (exact) mass is 463 g/mol. The number of amides is 1. The Kier molecular flexibility index (Phi) is 7.36. The molecule has 9 heteroatoms. The molecule has 156 valence electrons. The van der Waals surface area contributed by atoms with Crippen LogP contribution in [0, 0.1) is 0 Å². The molecule has 30 heavy (non-hydrogen) atoms. The molecule has 3 rings (SSSR count). The Morgan fingerprint density at radius 3 is 2.63 bits per heavy atom. The summed E-state index contributed by atoms with van der Waals surface area (Å²) in [7, 11) is 1.54. The predicted molar refractivity (Wildman–Crippen MR) is 121 cm³/mol. The molecule has 0 aliphatic carbocycles. The second-order valence-corrected chi connectivity index (χ2v) is 8.41. The highest BCUT2D eigenvalue weighted by molar-refractivity contribution is 8.26. The number of carbonyl (C=O) groups is 2. The summed E-state index contributed by atoms with van der Waals surface area (Å²) in [5, 5.41) is 9.49. The topological polar surface area (TPSA) is 76.1 Å². The number of thiocarbonyl (C=S) groups is 1. The fraction of sp³-hybridized carbons (Fsp3) is 0.190. The van der Waals surface area contributed by atoms with Gasteiger partial charge in [0.2, 0.25) is 0 Å². The second-order valence-electron chi connectivity index (χ2n) is 6.30. The Hall–Kier alpha value is -2.55. The quantitative estimate of drug-likeness (QED) is 0.452. The third kappa shape index (κ3) is 5.53. The van der Waals surface area contributed by atoms with Gasteiger partial charge in [0.25, 0.3) is 5.91 Å². The highest BCUT2D eigenvalue weighted by Crippen LogP contribution is 2.35. The van der Waals surface area contributed by atoms with Gasteiger partial charge in [0, 0.05) is 11.6 Å². The molecule has 6 nitrogen and oxygen atoms in total. The predicted octanol–water partition coefficient (Wildman–Crippen LogP) is 4.60. The minimum absolute atomic E-state index is 0.0537. The van der Waals surface area contributed by atoms with E-state index >= 15 is 0 Å². The highest BCUT2D eigenvalue weighted by Gasteiger charge is 2.32. The summed E-state index contributed by atoms with van der Waals surface area (Å²) in [5.74, 6) is -0.182. The molecule has 0 aromatic heterocycles. The fourth-order valence-corrected chi connectivity index (χ4v) is 4.12. The smallest absolute Gasteiger partial charge is 0.305 e. The zero-order valence-corrected chi connectivity index (χ0v) is 18.4. The summed E-state index contributed by atoms with van der Waals surface area (Å²) < 4.78 is 11.6. The third-order valence-corrected chi connectivity index (χ3v) is 5.85. The zero-order chi connectivity index (χ0) is 21.7. The molecule has 1 aliphatic heterocycles. The molecule has 1 saturated heterocycles. The van der Waals surface area contributed by atoms with Gasteiger partial charge in [-0.2, -0.15) is 0 Å². The molecule has 1 fully saturated rings. The van der Waals surface area contributed by atoms with E-state index in [2.05, 4.69) is 0 Å². The number of methoxy groups -OCH3 is 1. The lowest BCUT2D eigenvalue weighted by Crippen LogP contribution is -2.30. The molecule has 1 heterocycles. The Bertz CT molecular complexity index is 1010. The summed E-state index contributed by atoms with van der Waals surface area (Å²) >= 11 is 12.2. The lowest BCUT2D eigenvalue weighted by Gasteiger charge is -2.12. The molecule has 0 spiro atoms. The first-order valence-corrected chi connectivity index (χ1v) is 10.5. The summed E-state index contributed by atoms with van der Waals surface area (Å²) in [6, 6.07) is 12.7. The molecule has 2 aromatic carbocycles. The number of ether oxygens (including phenoxy) is 2. The Morgan fingerprint density at radius 2 is 1.97 bits per heavy atom. The van der Waals surface area contributed by atoms with E-state index in [0.29, 0.717) is 32.4 Å². The maximum Gasteiger partial charge on any atom is 0.305 e. The van der Waals surface area contributed by atoms with Gasteiger partial charge in [-0.25, -0.2) is 0 Å². The zero-order valence-electron chi connectivity index (χ0n) is 16.0. The van der Waals surface area contributed by atoms with Crippen molar-refractivity contribution in [2.24, 2.45) is 0 Å². The Balaban J connectivity index is 1.72. The van der Waals surface area contributed by atoms with Crippen LogP contribution in [0.2, 0.25) is 5.02 Å². The van der Waals surface area contributed by atoms with Crippen LogP contribution in [0.25, 0.3) is 6.08 Å². The lowest BCUT2D eigenvalue weighted by atomic mass is 10.1. The van der Waals surface area contributed by atoms with Crippen LogP contribution in [0.3, 0.4) is 0 Å². The molecule has 1 amide bonds. The van der Waals surface area contributed by atoms with E-state index in [-0.39, 0.29) is 18.9 Å². The van der Waals surface area contributed by atoms with Crippen LogP contribution >= 0.6 is 35.6 Å². The van der Waals surface area contributed by atoms with Gasteiger partial charge in [-0.05, 0) is 41.5 Å². The molecular weight excluding hydrogens is 446 g/mol. The largest absolute Gasteiger partial charge is 0.493 e. The normalized spacial score (nSPS) is 15.0. The molecule has 0 unspecified atom stereocenters. The Morgan fingerprint density at radius 1 is 1.23 bits per heavy atom. The van der Waals surface area contributed by atoms with Crippen molar-refractivity contribution >= 4 is 57.9 Å². The Labute approximate surface area is 188 Å². The van der Waals surface area contributed by atoms with Gasteiger partial charge in [-0.3, -0.25) is 14.5 Å². The second kappa shape index (κ2) is 9.97. The van der Waals surface area contributed by atoms with Crippen molar-refractivity contribution < 1.29 is 24.2 Å². The average Bonchev–Trinajstić information content (AvgIpc) is 2.99. The molecular formula is C21H18ClNO5S2. The van der Waals surface area contributed by atoms with Gasteiger partial charge in [0.15, 0.2) is 11.5 Å². The van der Waals surface area contributed by atoms with Crippen molar-refractivity contribution in [2.75, 3.05) is 13.7 Å². The number of benzene rings is 2. The van der Waals surface area contributed by atoms with Gasteiger partial charge < -0.3 is 14.6 Å². The number of rotatable bonds is 8. The van der Waals surface area contributed by atoms with Crippen molar-refractivity contribution in [3.63, 3.8) is 0 Å². The number of aliphatic carboxylic acids is 1. The number of carbonyl (C=O) groups excluding carboxylic acids is 1. The molecule has 0 saturated carbocycles. The SMILES string of the molecule is COc1cc(/C=C2/SC(=S)N(CCC(=O)O)C2=O)ccc1OCc1ccc(Cl)cc1. The molecule has 0 atom stereocenters. The standard InChI is InChI=1S/C21H18ClNO5S2/c1-27-17-10-14(4-7-16(17)28-12-13-2-5-15(22)6-3-13)11-18-20(26)23(21(29)30-18)9-8-19(24)25/h2-7,10-11H,8-9,12H2,1H3,(H,24,25)/b18-11+. The number of carboxylic acid groups (broad SMARTS) is 1. The van der Waals surface area contributed by atoms with E-state index in [1.165, 1.54) is 4.90 Å². The summed E-state index contributed by atoms with van der Waals surface area (Å²) in [4.78, 5) is 25.0. The number of nitrogens with zero attached hydrogens (tertiary/aromatic N) is 1. The lowest BCUT2D eigenvalue weighted by molar-refractivity contribution is -0.137. The van der Waals surface area contributed by atoms with E-state index in [1.807, 2.05) is 18.2 Å². The maximum absolute atomic E-state index is 12.5. The van der Waals surface area contributed by atoms with Crippen molar-refractivity contribution in [1.82, 2.24) is 4.90 Å². The van der Waals surface area contributed by atoms with Crippen molar-refractivity contribution in [3.05, 3.63) is 63.5 Å². The van der Waals surface area contributed by atoms with Crippen molar-refractivity contribution in [1.29, 1.82) is 0 Å². The number of carboxylic acids is 1. The van der Waals surface area contributed by atoms with Gasteiger partial charge in [0.05, 0.1) is 18.4 Å². The van der Waals surface area contributed by atoms with E-state index in [9.17, 15) is 9.59 Å². The van der Waals surface area contributed by atoms with Gasteiger partial charge >= 0.3 is 5.97 Å². The minimum Gasteiger partial charge on any atom is -0.493 e. The maximum atomic E-state index is 12.5. The van der Waals surface area contributed by atoms with E-state index in [4.69, 9.17) is 38.4 Å². The number of thioether (sulfide) groups is 1. The van der Waals surface area contributed by atoms with E-state index in [0.717, 1.165) is 22.9 Å². The number of hydrogen-bond donors (Lipinski definition) is 1. The molecule has 1 aliphatic rings. The van der Waals surface area contributed by atoms with Crippen LogP contribution in [0.1, 0.15) is 17.5 Å². The fourth-order valence-electron chi connectivity index (χ4n) is 2.69. The number of hydrogen-bond acceptors (Lipinski definition) is 6. The molecule has 0 radical (unpaired) electrons. The van der Waals surface area contributed by atoms with E-state index in [1.54, 1.807) is 37.5 Å². The van der Waals surface area contributed by atoms with Crippen LogP contribution in [0.5, 0.6) is 11.5 Å². The summed E-state index contributed by atoms with van der Waals surface area (Å²) in [5.41, 5.74) is 1.71. The van der Waals surface area contributed by atoms with Crippen molar-refractivity contribution in [2.45, 2.75) is 13.0 Å². The first-order valence-electron chi connectivity index (χ1n) is 8.90. The van der Waals surface area contributed by atoms with Crippen LogP contribution in [-0.2, 0) is 16.2 Å². The number of halogens is 1.